The summed E-state index contributed by atoms with van der Waals surface area (Å²) in [6, 6.07) is 18.4. The van der Waals surface area contributed by atoms with Crippen LogP contribution in [0.4, 0.5) is 5.69 Å². The van der Waals surface area contributed by atoms with Crippen molar-refractivity contribution in [3.05, 3.63) is 65.7 Å². The van der Waals surface area contributed by atoms with E-state index in [0.29, 0.717) is 5.96 Å². The Morgan fingerprint density at radius 2 is 1.68 bits per heavy atom. The number of benzene rings is 2. The second-order valence-electron chi connectivity index (χ2n) is 4.44. The third-order valence-electron chi connectivity index (χ3n) is 3.13. The Balaban J connectivity index is 0.00000133. The monoisotopic (exact) mass is 273 g/mol. The summed E-state index contributed by atoms with van der Waals surface area (Å²) in [6.07, 6.45) is 0. The standard InChI is InChI=1S/C15H15N3.ClH/c16-15-17-14-9-5-4-8-13(14)11-18(15)10-12-6-2-1-3-7-12;/h1-9H,10-11H2,(H2,16,17);1H. The lowest BCUT2D eigenvalue weighted by atomic mass is 10.1. The molecule has 1 aliphatic rings. The zero-order chi connectivity index (χ0) is 12.4. The molecule has 0 spiro atoms. The molecule has 0 atom stereocenters. The lowest BCUT2D eigenvalue weighted by Crippen LogP contribution is -2.38. The first-order chi connectivity index (χ1) is 8.83. The van der Waals surface area contributed by atoms with E-state index < -0.39 is 0 Å². The van der Waals surface area contributed by atoms with E-state index in [2.05, 4.69) is 28.1 Å². The largest absolute Gasteiger partial charge is 0.369 e. The SMILES string of the molecule is Cl.NC1=Nc2ccccc2CN1Cc1ccccc1. The van der Waals surface area contributed by atoms with Crippen LogP contribution in [0, 0.1) is 0 Å². The van der Waals surface area contributed by atoms with E-state index in [-0.39, 0.29) is 12.4 Å². The molecule has 19 heavy (non-hydrogen) atoms. The molecule has 0 fully saturated rings. The van der Waals surface area contributed by atoms with Crippen LogP contribution >= 0.6 is 12.4 Å². The predicted octanol–water partition coefficient (Wildman–Crippen LogP) is 3.07. The summed E-state index contributed by atoms with van der Waals surface area (Å²) in [5.41, 5.74) is 9.47. The Morgan fingerprint density at radius 1 is 1.00 bits per heavy atom. The highest BCUT2D eigenvalue weighted by molar-refractivity contribution is 5.85. The zero-order valence-electron chi connectivity index (χ0n) is 10.5. The van der Waals surface area contributed by atoms with Crippen molar-refractivity contribution < 1.29 is 0 Å². The van der Waals surface area contributed by atoms with Gasteiger partial charge >= 0.3 is 0 Å². The van der Waals surface area contributed by atoms with Gasteiger partial charge in [0.15, 0.2) is 5.96 Å². The molecule has 4 heteroatoms. The maximum absolute atomic E-state index is 6.02. The molecule has 0 unspecified atom stereocenters. The van der Waals surface area contributed by atoms with Crippen molar-refractivity contribution in [1.82, 2.24) is 4.90 Å². The third-order valence-corrected chi connectivity index (χ3v) is 3.13. The quantitative estimate of drug-likeness (QED) is 0.914. The van der Waals surface area contributed by atoms with E-state index in [1.165, 1.54) is 11.1 Å². The van der Waals surface area contributed by atoms with Gasteiger partial charge in [-0.15, -0.1) is 12.4 Å². The van der Waals surface area contributed by atoms with Gasteiger partial charge < -0.3 is 10.6 Å². The molecule has 2 N–H and O–H groups in total. The van der Waals surface area contributed by atoms with Crippen molar-refractivity contribution >= 4 is 24.1 Å². The number of nitrogens with zero attached hydrogens (tertiary/aromatic N) is 2. The van der Waals surface area contributed by atoms with Crippen LogP contribution in [-0.2, 0) is 13.1 Å². The normalized spacial score (nSPS) is 13.3. The van der Waals surface area contributed by atoms with Gasteiger partial charge in [-0.25, -0.2) is 4.99 Å². The molecule has 0 amide bonds. The van der Waals surface area contributed by atoms with Gasteiger partial charge in [-0.05, 0) is 17.2 Å². The molecule has 98 valence electrons. The van der Waals surface area contributed by atoms with Crippen LogP contribution in [0.5, 0.6) is 0 Å². The van der Waals surface area contributed by atoms with Gasteiger partial charge in [0, 0.05) is 13.1 Å². The minimum Gasteiger partial charge on any atom is -0.369 e. The van der Waals surface area contributed by atoms with Gasteiger partial charge in [-0.2, -0.15) is 0 Å². The Bertz CT molecular complexity index is 581. The van der Waals surface area contributed by atoms with Gasteiger partial charge in [0.25, 0.3) is 0 Å². The van der Waals surface area contributed by atoms with Crippen LogP contribution in [0.15, 0.2) is 59.6 Å². The average molecular weight is 274 g/mol. The molecular weight excluding hydrogens is 258 g/mol. The number of nitrogens with two attached hydrogens (primary N) is 1. The van der Waals surface area contributed by atoms with Crippen LogP contribution in [-0.4, -0.2) is 10.9 Å². The highest BCUT2D eigenvalue weighted by Crippen LogP contribution is 2.25. The number of hydrogen-bond acceptors (Lipinski definition) is 3. The molecule has 2 aromatic rings. The van der Waals surface area contributed by atoms with Crippen molar-refractivity contribution in [2.45, 2.75) is 13.1 Å². The van der Waals surface area contributed by atoms with Gasteiger partial charge in [-0.3, -0.25) is 0 Å². The molecular formula is C15H16ClN3. The summed E-state index contributed by atoms with van der Waals surface area (Å²) in [7, 11) is 0. The first kappa shape index (κ1) is 13.4. The van der Waals surface area contributed by atoms with E-state index in [9.17, 15) is 0 Å². The van der Waals surface area contributed by atoms with Crippen LogP contribution in [0.3, 0.4) is 0 Å². The predicted molar refractivity (Wildman–Crippen MR) is 80.7 cm³/mol. The number of hydrogen-bond donors (Lipinski definition) is 1. The maximum Gasteiger partial charge on any atom is 0.197 e. The topological polar surface area (TPSA) is 41.6 Å². The molecule has 0 saturated carbocycles. The second-order valence-corrected chi connectivity index (χ2v) is 4.44. The smallest absolute Gasteiger partial charge is 0.197 e. The number of rotatable bonds is 2. The number of guanidine groups is 1. The Hall–Kier alpha value is -2.00. The Labute approximate surface area is 119 Å². The van der Waals surface area contributed by atoms with E-state index in [1.54, 1.807) is 0 Å². The first-order valence-electron chi connectivity index (χ1n) is 6.04. The zero-order valence-corrected chi connectivity index (χ0v) is 11.3. The van der Waals surface area contributed by atoms with E-state index in [4.69, 9.17) is 5.73 Å². The second kappa shape index (κ2) is 5.76. The summed E-state index contributed by atoms with van der Waals surface area (Å²) in [5.74, 6) is 0.595. The number of para-hydroxylation sites is 1. The van der Waals surface area contributed by atoms with Gasteiger partial charge in [0.2, 0.25) is 0 Å². The summed E-state index contributed by atoms with van der Waals surface area (Å²) in [6.45, 7) is 1.62. The van der Waals surface area contributed by atoms with Gasteiger partial charge in [0.1, 0.15) is 0 Å². The fourth-order valence-corrected chi connectivity index (χ4v) is 2.18. The van der Waals surface area contributed by atoms with E-state index >= 15 is 0 Å². The van der Waals surface area contributed by atoms with Crippen LogP contribution in [0.1, 0.15) is 11.1 Å². The lowest BCUT2D eigenvalue weighted by Gasteiger charge is -2.28. The summed E-state index contributed by atoms with van der Waals surface area (Å²) >= 11 is 0. The summed E-state index contributed by atoms with van der Waals surface area (Å²) in [5, 5.41) is 0. The van der Waals surface area contributed by atoms with E-state index in [0.717, 1.165) is 18.8 Å². The maximum atomic E-state index is 6.02. The van der Waals surface area contributed by atoms with Crippen molar-refractivity contribution in [3.8, 4) is 0 Å². The Morgan fingerprint density at radius 3 is 2.47 bits per heavy atom. The summed E-state index contributed by atoms with van der Waals surface area (Å²) in [4.78, 5) is 6.54. The summed E-state index contributed by atoms with van der Waals surface area (Å²) < 4.78 is 0. The van der Waals surface area contributed by atoms with Crippen LogP contribution in [0.25, 0.3) is 0 Å². The highest BCUT2D eigenvalue weighted by Gasteiger charge is 2.16. The first-order valence-corrected chi connectivity index (χ1v) is 6.04. The lowest BCUT2D eigenvalue weighted by molar-refractivity contribution is 0.396. The Kier molecular flexibility index (Phi) is 4.07. The van der Waals surface area contributed by atoms with Gasteiger partial charge in [0.05, 0.1) is 5.69 Å². The molecule has 0 bridgehead atoms. The minimum absolute atomic E-state index is 0. The molecule has 0 saturated heterocycles. The van der Waals surface area contributed by atoms with Gasteiger partial charge in [-0.1, -0.05) is 48.5 Å². The average Bonchev–Trinajstić information content (AvgIpc) is 2.41. The molecule has 0 aromatic heterocycles. The van der Waals surface area contributed by atoms with Crippen molar-refractivity contribution in [3.63, 3.8) is 0 Å². The number of halogens is 1. The van der Waals surface area contributed by atoms with Crippen molar-refractivity contribution in [2.75, 3.05) is 0 Å². The fourth-order valence-electron chi connectivity index (χ4n) is 2.18. The van der Waals surface area contributed by atoms with Crippen LogP contribution < -0.4 is 5.73 Å². The molecule has 3 nitrogen and oxygen atoms in total. The molecule has 1 aliphatic heterocycles. The number of aliphatic imine (C=N–C) groups is 1. The number of fused-ring (bicyclic) bond motifs is 1. The fraction of sp³-hybridized carbons (Fsp3) is 0.133. The van der Waals surface area contributed by atoms with Crippen LogP contribution in [0.2, 0.25) is 0 Å². The molecule has 3 rings (SSSR count). The van der Waals surface area contributed by atoms with E-state index in [1.807, 2.05) is 36.4 Å². The van der Waals surface area contributed by atoms with Crippen molar-refractivity contribution in [1.29, 1.82) is 0 Å². The van der Waals surface area contributed by atoms with Crippen molar-refractivity contribution in [2.24, 2.45) is 10.7 Å². The highest BCUT2D eigenvalue weighted by atomic mass is 35.5. The molecule has 1 heterocycles. The molecule has 2 aromatic carbocycles. The molecule has 0 radical (unpaired) electrons. The molecule has 0 aliphatic carbocycles. The third kappa shape index (κ3) is 2.88. The minimum atomic E-state index is 0.